The van der Waals surface area contributed by atoms with E-state index in [0.29, 0.717) is 12.1 Å². The van der Waals surface area contributed by atoms with Gasteiger partial charge in [0.2, 0.25) is 0 Å². The molecule has 7 heteroatoms. The van der Waals surface area contributed by atoms with Crippen molar-refractivity contribution in [3.05, 3.63) is 28.5 Å². The van der Waals surface area contributed by atoms with Crippen LogP contribution >= 0.6 is 15.9 Å². The Bertz CT molecular complexity index is 482. The van der Waals surface area contributed by atoms with Crippen LogP contribution in [0, 0.1) is 11.7 Å². The van der Waals surface area contributed by atoms with Gasteiger partial charge in [-0.25, -0.2) is 9.18 Å². The fourth-order valence-corrected chi connectivity index (χ4v) is 1.65. The molecule has 5 nitrogen and oxygen atoms in total. The summed E-state index contributed by atoms with van der Waals surface area (Å²) >= 11 is 3.01. The monoisotopic (exact) mass is 332 g/mol. The summed E-state index contributed by atoms with van der Waals surface area (Å²) < 4.78 is 13.2. The maximum absolute atomic E-state index is 13.0. The van der Waals surface area contributed by atoms with Crippen LogP contribution in [-0.4, -0.2) is 23.7 Å². The molecule has 1 aromatic rings. The highest BCUT2D eigenvalue weighted by Crippen LogP contribution is 2.19. The van der Waals surface area contributed by atoms with Gasteiger partial charge in [0.25, 0.3) is 0 Å². The van der Waals surface area contributed by atoms with Gasteiger partial charge < -0.3 is 15.7 Å². The minimum atomic E-state index is -0.898. The largest absolute Gasteiger partial charge is 0.481 e. The van der Waals surface area contributed by atoms with Crippen LogP contribution in [0.5, 0.6) is 0 Å². The number of hydrogen-bond acceptors (Lipinski definition) is 2. The van der Waals surface area contributed by atoms with Gasteiger partial charge in [0, 0.05) is 12.2 Å². The lowest BCUT2D eigenvalue weighted by atomic mass is 10.1. The van der Waals surface area contributed by atoms with E-state index in [9.17, 15) is 14.0 Å². The van der Waals surface area contributed by atoms with Crippen molar-refractivity contribution in [1.29, 1.82) is 0 Å². The fraction of sp³-hybridized carbons (Fsp3) is 0.333. The van der Waals surface area contributed by atoms with Gasteiger partial charge in [-0.1, -0.05) is 6.92 Å². The van der Waals surface area contributed by atoms with E-state index in [0.717, 1.165) is 0 Å². The standard InChI is InChI=1S/C12H14BrFN2O3/c1-7(11(17)18)4-5-15-12(19)16-8-2-3-10(14)9(13)6-8/h2-3,6-7H,4-5H2,1H3,(H,17,18)(H2,15,16,19). The summed E-state index contributed by atoms with van der Waals surface area (Å²) in [7, 11) is 0. The molecule has 1 unspecified atom stereocenters. The Hall–Kier alpha value is -1.63. The third kappa shape index (κ3) is 5.25. The van der Waals surface area contributed by atoms with Crippen LogP contribution in [0.1, 0.15) is 13.3 Å². The van der Waals surface area contributed by atoms with E-state index in [1.165, 1.54) is 18.2 Å². The summed E-state index contributed by atoms with van der Waals surface area (Å²) in [6.45, 7) is 1.82. The number of carboxylic acids is 1. The molecule has 0 radical (unpaired) electrons. The Morgan fingerprint density at radius 1 is 1.47 bits per heavy atom. The van der Waals surface area contributed by atoms with Crippen molar-refractivity contribution >= 4 is 33.6 Å². The van der Waals surface area contributed by atoms with E-state index < -0.39 is 23.7 Å². The SMILES string of the molecule is CC(CCNC(=O)Nc1ccc(F)c(Br)c1)C(=O)O. The van der Waals surface area contributed by atoms with Crippen molar-refractivity contribution < 1.29 is 19.1 Å². The summed E-state index contributed by atoms with van der Waals surface area (Å²) in [5, 5.41) is 13.7. The Morgan fingerprint density at radius 2 is 2.16 bits per heavy atom. The molecular formula is C12H14BrFN2O3. The van der Waals surface area contributed by atoms with Crippen LogP contribution in [0.25, 0.3) is 0 Å². The van der Waals surface area contributed by atoms with Crippen LogP contribution < -0.4 is 10.6 Å². The predicted molar refractivity (Wildman–Crippen MR) is 72.5 cm³/mol. The van der Waals surface area contributed by atoms with Gasteiger partial charge >= 0.3 is 12.0 Å². The Balaban J connectivity index is 2.39. The zero-order valence-corrected chi connectivity index (χ0v) is 11.8. The van der Waals surface area contributed by atoms with Crippen LogP contribution in [0.15, 0.2) is 22.7 Å². The number of hydrogen-bond donors (Lipinski definition) is 3. The average Bonchev–Trinajstić information content (AvgIpc) is 2.33. The van der Waals surface area contributed by atoms with Gasteiger partial charge in [-0.2, -0.15) is 0 Å². The van der Waals surface area contributed by atoms with Gasteiger partial charge in [0.05, 0.1) is 10.4 Å². The van der Waals surface area contributed by atoms with Crippen LogP contribution in [0.3, 0.4) is 0 Å². The van der Waals surface area contributed by atoms with Gasteiger partial charge in [-0.05, 0) is 40.5 Å². The van der Waals surface area contributed by atoms with Gasteiger partial charge in [-0.15, -0.1) is 0 Å². The van der Waals surface area contributed by atoms with Crippen molar-refractivity contribution in [2.45, 2.75) is 13.3 Å². The first-order valence-corrected chi connectivity index (χ1v) is 6.42. The Morgan fingerprint density at radius 3 is 2.74 bits per heavy atom. The molecule has 0 saturated heterocycles. The van der Waals surface area contributed by atoms with Crippen LogP contribution in [-0.2, 0) is 4.79 Å². The second kappa shape index (κ2) is 7.08. The highest BCUT2D eigenvalue weighted by Gasteiger charge is 2.11. The maximum Gasteiger partial charge on any atom is 0.319 e. The van der Waals surface area contributed by atoms with Gasteiger partial charge in [0.15, 0.2) is 0 Å². The highest BCUT2D eigenvalue weighted by molar-refractivity contribution is 9.10. The number of nitrogens with one attached hydrogen (secondary N) is 2. The second-order valence-corrected chi connectivity index (χ2v) is 4.89. The molecule has 0 saturated carbocycles. The Kier molecular flexibility index (Phi) is 5.75. The molecule has 2 amide bonds. The molecule has 0 spiro atoms. The van der Waals surface area contributed by atoms with Crippen molar-refractivity contribution in [2.75, 3.05) is 11.9 Å². The van der Waals surface area contributed by atoms with E-state index in [-0.39, 0.29) is 11.0 Å². The Labute approximate surface area is 118 Å². The molecule has 0 aliphatic rings. The third-order valence-electron chi connectivity index (χ3n) is 2.46. The summed E-state index contributed by atoms with van der Waals surface area (Å²) in [5.41, 5.74) is 0.442. The van der Waals surface area contributed by atoms with E-state index >= 15 is 0 Å². The number of aliphatic carboxylic acids is 1. The number of halogens is 2. The van der Waals surface area contributed by atoms with Gasteiger partial charge in [-0.3, -0.25) is 4.79 Å². The van der Waals surface area contributed by atoms with E-state index in [4.69, 9.17) is 5.11 Å². The van der Waals surface area contributed by atoms with Crippen molar-refractivity contribution in [1.82, 2.24) is 5.32 Å². The number of benzene rings is 1. The molecule has 1 aromatic carbocycles. The number of amides is 2. The first kappa shape index (κ1) is 15.4. The molecule has 0 aliphatic carbocycles. The minimum Gasteiger partial charge on any atom is -0.481 e. The molecule has 104 valence electrons. The molecule has 1 atom stereocenters. The zero-order valence-electron chi connectivity index (χ0n) is 10.2. The molecule has 1 rings (SSSR count). The quantitative estimate of drug-likeness (QED) is 0.775. The van der Waals surface area contributed by atoms with Crippen LogP contribution in [0.4, 0.5) is 14.9 Å². The van der Waals surface area contributed by atoms with Crippen molar-refractivity contribution in [3.63, 3.8) is 0 Å². The summed E-state index contributed by atoms with van der Waals surface area (Å²) in [6.07, 6.45) is 0.343. The van der Waals surface area contributed by atoms with E-state index in [1.807, 2.05) is 0 Å². The second-order valence-electron chi connectivity index (χ2n) is 4.04. The van der Waals surface area contributed by atoms with E-state index in [2.05, 4.69) is 26.6 Å². The van der Waals surface area contributed by atoms with Crippen LogP contribution in [0.2, 0.25) is 0 Å². The minimum absolute atomic E-state index is 0.252. The van der Waals surface area contributed by atoms with Crippen molar-refractivity contribution in [3.8, 4) is 0 Å². The molecule has 0 aromatic heterocycles. The molecule has 0 heterocycles. The first-order chi connectivity index (χ1) is 8.90. The maximum atomic E-state index is 13.0. The lowest BCUT2D eigenvalue weighted by molar-refractivity contribution is -0.141. The summed E-state index contributed by atoms with van der Waals surface area (Å²) in [4.78, 5) is 22.0. The third-order valence-corrected chi connectivity index (χ3v) is 3.07. The summed E-state index contributed by atoms with van der Waals surface area (Å²) in [5.74, 6) is -1.83. The van der Waals surface area contributed by atoms with Gasteiger partial charge in [0.1, 0.15) is 5.82 Å². The molecular weight excluding hydrogens is 319 g/mol. The number of anilines is 1. The normalized spacial score (nSPS) is 11.7. The molecule has 0 bridgehead atoms. The fourth-order valence-electron chi connectivity index (χ4n) is 1.27. The molecule has 19 heavy (non-hydrogen) atoms. The lowest BCUT2D eigenvalue weighted by Gasteiger charge is -2.09. The highest BCUT2D eigenvalue weighted by atomic mass is 79.9. The van der Waals surface area contributed by atoms with Crippen molar-refractivity contribution in [2.24, 2.45) is 5.92 Å². The first-order valence-electron chi connectivity index (χ1n) is 5.63. The summed E-state index contributed by atoms with van der Waals surface area (Å²) in [6, 6.07) is 3.64. The topological polar surface area (TPSA) is 78.4 Å². The predicted octanol–water partition coefficient (Wildman–Crippen LogP) is 2.82. The molecule has 0 aliphatic heterocycles. The number of carbonyl (C=O) groups excluding carboxylic acids is 1. The lowest BCUT2D eigenvalue weighted by Crippen LogP contribution is -2.31. The smallest absolute Gasteiger partial charge is 0.319 e. The number of urea groups is 1. The average molecular weight is 333 g/mol. The number of carbonyl (C=O) groups is 2. The number of carboxylic acid groups (broad SMARTS) is 1. The van der Waals surface area contributed by atoms with E-state index in [1.54, 1.807) is 6.92 Å². The molecule has 3 N–H and O–H groups in total. The zero-order chi connectivity index (χ0) is 14.4. The molecule has 0 fully saturated rings. The number of rotatable bonds is 5.